The van der Waals surface area contributed by atoms with Gasteiger partial charge in [0.05, 0.1) is 0 Å². The number of carbonyl (C=O) groups excluding carboxylic acids is 1. The van der Waals surface area contributed by atoms with Gasteiger partial charge in [0.1, 0.15) is 0 Å². The Balaban J connectivity index is 1.23. The van der Waals surface area contributed by atoms with E-state index < -0.39 is 0 Å². The fourth-order valence-electron chi connectivity index (χ4n) is 6.92. The van der Waals surface area contributed by atoms with E-state index in [9.17, 15) is 4.79 Å². The number of aromatic nitrogens is 2. The molecule has 4 aliphatic carbocycles. The Labute approximate surface area is 168 Å². The summed E-state index contributed by atoms with van der Waals surface area (Å²) in [4.78, 5) is 23.7. The molecule has 2 heterocycles. The highest BCUT2D eigenvalue weighted by molar-refractivity contribution is 5.88. The van der Waals surface area contributed by atoms with E-state index in [4.69, 9.17) is 0 Å². The van der Waals surface area contributed by atoms with Gasteiger partial charge in [-0.3, -0.25) is 4.79 Å². The molecule has 1 atom stereocenters. The molecule has 6 rings (SSSR count). The molecule has 1 N–H and O–H groups in total. The van der Waals surface area contributed by atoms with Crippen LogP contribution in [0.5, 0.6) is 0 Å². The maximum Gasteiger partial charge on any atom is 0.244 e. The lowest BCUT2D eigenvalue weighted by Gasteiger charge is -2.57. The number of carbonyl (C=O) groups is 1. The van der Waals surface area contributed by atoms with Gasteiger partial charge in [0.2, 0.25) is 11.9 Å². The van der Waals surface area contributed by atoms with Crippen molar-refractivity contribution in [2.45, 2.75) is 64.3 Å². The number of rotatable bonds is 4. The maximum atomic E-state index is 12.8. The van der Waals surface area contributed by atoms with Crippen LogP contribution in [0.3, 0.4) is 0 Å². The van der Waals surface area contributed by atoms with Crippen molar-refractivity contribution < 1.29 is 4.79 Å². The minimum Gasteiger partial charge on any atom is -0.348 e. The molecule has 0 radical (unpaired) electrons. The lowest BCUT2D eigenvalue weighted by atomic mass is 9.48. The van der Waals surface area contributed by atoms with E-state index in [2.05, 4.69) is 27.1 Å². The molecule has 5 heteroatoms. The third kappa shape index (κ3) is 3.44. The van der Waals surface area contributed by atoms with E-state index in [1.807, 2.05) is 12.1 Å². The second-order valence-corrected chi connectivity index (χ2v) is 9.87. The normalized spacial score (nSPS) is 37.2. The monoisotopic (exact) mass is 380 g/mol. The average molecular weight is 381 g/mol. The standard InChI is InChI=1S/C23H32N4O/c1-16(23-12-17-9-18(13-23)11-19(10-17)14-23)8-21(28)26-20-4-2-7-27(15-20)22-24-5-3-6-25-22/h3,5-6,8,17-20H,2,4,7,9-15H2,1H3,(H,26,28)/b16-8+/t17?,18?,19?,20-,23?/m0/s1. The van der Waals surface area contributed by atoms with Crippen LogP contribution in [0, 0.1) is 23.2 Å². The van der Waals surface area contributed by atoms with E-state index in [-0.39, 0.29) is 11.9 Å². The summed E-state index contributed by atoms with van der Waals surface area (Å²) in [5, 5.41) is 3.27. The van der Waals surface area contributed by atoms with Gasteiger partial charge in [0.15, 0.2) is 0 Å². The molecule has 1 aliphatic heterocycles. The first-order chi connectivity index (χ1) is 13.6. The molecular weight excluding hydrogens is 348 g/mol. The zero-order valence-corrected chi connectivity index (χ0v) is 16.9. The van der Waals surface area contributed by atoms with Crippen molar-refractivity contribution >= 4 is 11.9 Å². The summed E-state index contributed by atoms with van der Waals surface area (Å²) in [6.45, 7) is 3.97. The Bertz CT molecular complexity index is 724. The number of amides is 1. The Morgan fingerprint density at radius 3 is 2.43 bits per heavy atom. The minimum atomic E-state index is 0.0917. The van der Waals surface area contributed by atoms with Crippen LogP contribution in [-0.2, 0) is 4.79 Å². The zero-order valence-electron chi connectivity index (χ0n) is 16.9. The third-order valence-electron chi connectivity index (χ3n) is 7.83. The molecule has 1 amide bonds. The van der Waals surface area contributed by atoms with Crippen molar-refractivity contribution in [2.24, 2.45) is 23.2 Å². The first kappa shape index (κ1) is 18.1. The molecule has 0 aromatic carbocycles. The summed E-state index contributed by atoms with van der Waals surface area (Å²) in [7, 11) is 0. The third-order valence-corrected chi connectivity index (χ3v) is 7.83. The number of nitrogens with zero attached hydrogens (tertiary/aromatic N) is 3. The molecule has 5 nitrogen and oxygen atoms in total. The number of piperidine rings is 1. The molecule has 5 aliphatic rings. The fraction of sp³-hybridized carbons (Fsp3) is 0.696. The molecule has 0 unspecified atom stereocenters. The predicted octanol–water partition coefficient (Wildman–Crippen LogP) is 3.72. The summed E-state index contributed by atoms with van der Waals surface area (Å²) >= 11 is 0. The van der Waals surface area contributed by atoms with Gasteiger partial charge in [-0.25, -0.2) is 9.97 Å². The summed E-state index contributed by atoms with van der Waals surface area (Å²) < 4.78 is 0. The molecule has 1 aromatic rings. The minimum absolute atomic E-state index is 0.0917. The van der Waals surface area contributed by atoms with Crippen molar-refractivity contribution in [1.82, 2.24) is 15.3 Å². The van der Waals surface area contributed by atoms with E-state index >= 15 is 0 Å². The van der Waals surface area contributed by atoms with Crippen molar-refractivity contribution in [1.29, 1.82) is 0 Å². The Kier molecular flexibility index (Phi) is 4.64. The van der Waals surface area contributed by atoms with E-state index in [0.29, 0.717) is 5.41 Å². The Morgan fingerprint density at radius 1 is 1.14 bits per heavy atom. The van der Waals surface area contributed by atoms with Gasteiger partial charge in [-0.1, -0.05) is 5.57 Å². The van der Waals surface area contributed by atoms with Gasteiger partial charge in [-0.05, 0) is 87.5 Å². The number of allylic oxidation sites excluding steroid dienone is 1. The molecule has 4 saturated carbocycles. The fourth-order valence-corrected chi connectivity index (χ4v) is 6.92. The molecule has 1 aromatic heterocycles. The van der Waals surface area contributed by atoms with Crippen molar-refractivity contribution in [2.75, 3.05) is 18.0 Å². The highest BCUT2D eigenvalue weighted by Gasteiger charge is 2.51. The van der Waals surface area contributed by atoms with E-state index in [0.717, 1.165) is 49.6 Å². The van der Waals surface area contributed by atoms with Crippen LogP contribution >= 0.6 is 0 Å². The highest BCUT2D eigenvalue weighted by atomic mass is 16.1. The van der Waals surface area contributed by atoms with Crippen molar-refractivity contribution in [3.05, 3.63) is 30.1 Å². The van der Waals surface area contributed by atoms with Gasteiger partial charge in [0.25, 0.3) is 0 Å². The number of nitrogens with one attached hydrogen (secondary N) is 1. The van der Waals surface area contributed by atoms with Crippen LogP contribution in [-0.4, -0.2) is 35.0 Å². The lowest BCUT2D eigenvalue weighted by molar-refractivity contribution is -0.117. The summed E-state index contributed by atoms with van der Waals surface area (Å²) in [6.07, 6.45) is 15.9. The van der Waals surface area contributed by atoms with Gasteiger partial charge in [0, 0.05) is 37.6 Å². The molecular formula is C23H32N4O. The number of anilines is 1. The van der Waals surface area contributed by atoms with Gasteiger partial charge < -0.3 is 10.2 Å². The zero-order chi connectivity index (χ0) is 19.1. The average Bonchev–Trinajstić information content (AvgIpc) is 2.68. The van der Waals surface area contributed by atoms with E-state index in [1.54, 1.807) is 12.4 Å². The van der Waals surface area contributed by atoms with Gasteiger partial charge in [-0.2, -0.15) is 0 Å². The summed E-state index contributed by atoms with van der Waals surface area (Å²) in [5.41, 5.74) is 1.66. The van der Waals surface area contributed by atoms with Crippen molar-refractivity contribution in [3.8, 4) is 0 Å². The molecule has 0 spiro atoms. The maximum absolute atomic E-state index is 12.8. The van der Waals surface area contributed by atoms with Gasteiger partial charge >= 0.3 is 0 Å². The SMILES string of the molecule is C/C(=C\C(=O)N[C@H]1CCCN(c2ncccn2)C1)C12CC3CC(CC(C3)C1)C2. The van der Waals surface area contributed by atoms with Crippen LogP contribution in [0.15, 0.2) is 30.1 Å². The predicted molar refractivity (Wildman–Crippen MR) is 110 cm³/mol. The van der Waals surface area contributed by atoms with Crippen LogP contribution in [0.2, 0.25) is 0 Å². The number of hydrogen-bond donors (Lipinski definition) is 1. The van der Waals surface area contributed by atoms with Crippen LogP contribution in [0.25, 0.3) is 0 Å². The smallest absolute Gasteiger partial charge is 0.244 e. The topological polar surface area (TPSA) is 58.1 Å². The first-order valence-corrected chi connectivity index (χ1v) is 11.1. The summed E-state index contributed by atoms with van der Waals surface area (Å²) in [6, 6.07) is 2.01. The Morgan fingerprint density at radius 2 is 1.79 bits per heavy atom. The second kappa shape index (κ2) is 7.16. The highest BCUT2D eigenvalue weighted by Crippen LogP contribution is 2.62. The second-order valence-electron chi connectivity index (χ2n) is 9.87. The van der Waals surface area contributed by atoms with Gasteiger partial charge in [-0.15, -0.1) is 0 Å². The van der Waals surface area contributed by atoms with Crippen LogP contribution < -0.4 is 10.2 Å². The molecule has 5 fully saturated rings. The lowest BCUT2D eigenvalue weighted by Crippen LogP contribution is -2.48. The molecule has 1 saturated heterocycles. The number of hydrogen-bond acceptors (Lipinski definition) is 4. The van der Waals surface area contributed by atoms with Crippen molar-refractivity contribution in [3.63, 3.8) is 0 Å². The molecule has 150 valence electrons. The molecule has 28 heavy (non-hydrogen) atoms. The molecule has 4 bridgehead atoms. The quantitative estimate of drug-likeness (QED) is 0.809. The first-order valence-electron chi connectivity index (χ1n) is 11.1. The summed E-state index contributed by atoms with van der Waals surface area (Å²) in [5.74, 6) is 3.59. The van der Waals surface area contributed by atoms with E-state index in [1.165, 1.54) is 44.1 Å². The largest absolute Gasteiger partial charge is 0.348 e. The van der Waals surface area contributed by atoms with Crippen LogP contribution in [0.1, 0.15) is 58.3 Å². The Hall–Kier alpha value is -1.91. The van der Waals surface area contributed by atoms with Crippen LogP contribution in [0.4, 0.5) is 5.95 Å².